The highest BCUT2D eigenvalue weighted by Gasteiger charge is 2.11. The van der Waals surface area contributed by atoms with E-state index in [-0.39, 0.29) is 11.8 Å². The largest absolute Gasteiger partial charge is 0.310 e. The maximum Gasteiger partial charge on any atom is 0.148 e. The summed E-state index contributed by atoms with van der Waals surface area (Å²) in [6.45, 7) is 5.20. The molecule has 0 saturated heterocycles. The Kier molecular flexibility index (Phi) is 8.37. The zero-order chi connectivity index (χ0) is 15.7. The number of benzene rings is 1. The van der Waals surface area contributed by atoms with Gasteiger partial charge in [-0.05, 0) is 24.1 Å². The fourth-order valence-corrected chi connectivity index (χ4v) is 4.53. The summed E-state index contributed by atoms with van der Waals surface area (Å²) in [7, 11) is -2.85. The fraction of sp³-hybridized carbons (Fsp3) is 0.625. The molecular formula is C16H27NO2S2. The van der Waals surface area contributed by atoms with Crippen LogP contribution in [0.1, 0.15) is 37.4 Å². The van der Waals surface area contributed by atoms with Crippen molar-refractivity contribution in [1.82, 2.24) is 5.32 Å². The van der Waals surface area contributed by atoms with Crippen molar-refractivity contribution in [2.45, 2.75) is 32.7 Å². The minimum Gasteiger partial charge on any atom is -0.310 e. The number of sulfone groups is 1. The first kappa shape index (κ1) is 18.5. The number of thioether (sulfide) groups is 1. The Morgan fingerprint density at radius 2 is 1.86 bits per heavy atom. The lowest BCUT2D eigenvalue weighted by atomic mass is 10.0. The van der Waals surface area contributed by atoms with E-state index in [9.17, 15) is 8.42 Å². The molecule has 1 aromatic carbocycles. The summed E-state index contributed by atoms with van der Waals surface area (Å²) >= 11 is 1.70. The molecule has 0 aliphatic carbocycles. The molecule has 1 aromatic rings. The van der Waals surface area contributed by atoms with Gasteiger partial charge in [-0.3, -0.25) is 0 Å². The maximum atomic E-state index is 11.1. The van der Waals surface area contributed by atoms with Crippen molar-refractivity contribution in [3.63, 3.8) is 0 Å². The number of aryl methyl sites for hydroxylation is 1. The molecule has 0 amide bonds. The summed E-state index contributed by atoms with van der Waals surface area (Å²) in [5.41, 5.74) is 2.66. The molecular weight excluding hydrogens is 302 g/mol. The van der Waals surface area contributed by atoms with Crippen molar-refractivity contribution in [2.24, 2.45) is 0 Å². The summed E-state index contributed by atoms with van der Waals surface area (Å²) in [6.07, 6.45) is 3.58. The van der Waals surface area contributed by atoms with Crippen LogP contribution in [0.15, 0.2) is 24.3 Å². The predicted molar refractivity (Wildman–Crippen MR) is 93.9 cm³/mol. The van der Waals surface area contributed by atoms with Crippen molar-refractivity contribution in [1.29, 1.82) is 0 Å². The molecule has 0 aliphatic rings. The first-order chi connectivity index (χ1) is 9.96. The molecule has 1 N–H and O–H groups in total. The van der Waals surface area contributed by atoms with E-state index in [2.05, 4.69) is 43.4 Å². The highest BCUT2D eigenvalue weighted by Crippen LogP contribution is 2.19. The molecule has 1 rings (SSSR count). The number of hydrogen-bond acceptors (Lipinski definition) is 4. The average molecular weight is 330 g/mol. The van der Waals surface area contributed by atoms with Crippen LogP contribution < -0.4 is 5.32 Å². The lowest BCUT2D eigenvalue weighted by molar-refractivity contribution is 0.602. The van der Waals surface area contributed by atoms with Gasteiger partial charge in [-0.1, -0.05) is 44.5 Å². The minimum absolute atomic E-state index is 0.256. The molecule has 3 nitrogen and oxygen atoms in total. The van der Waals surface area contributed by atoms with Gasteiger partial charge in [0.05, 0.1) is 5.75 Å². The Morgan fingerprint density at radius 3 is 2.38 bits per heavy atom. The zero-order valence-corrected chi connectivity index (χ0v) is 14.9. The zero-order valence-electron chi connectivity index (χ0n) is 13.3. The van der Waals surface area contributed by atoms with Gasteiger partial charge in [0.2, 0.25) is 0 Å². The topological polar surface area (TPSA) is 46.2 Å². The van der Waals surface area contributed by atoms with E-state index < -0.39 is 9.84 Å². The Morgan fingerprint density at radius 1 is 1.19 bits per heavy atom. The van der Waals surface area contributed by atoms with E-state index in [1.165, 1.54) is 17.4 Å². The minimum atomic E-state index is -2.85. The van der Waals surface area contributed by atoms with Gasteiger partial charge >= 0.3 is 0 Å². The molecule has 0 bridgehead atoms. The second-order valence-corrected chi connectivity index (χ2v) is 8.72. The Hall–Kier alpha value is -0.520. The lowest BCUT2D eigenvalue weighted by Crippen LogP contribution is -2.23. The van der Waals surface area contributed by atoms with Crippen LogP contribution in [0, 0.1) is 0 Å². The van der Waals surface area contributed by atoms with Gasteiger partial charge in [0.15, 0.2) is 0 Å². The highest BCUT2D eigenvalue weighted by atomic mass is 32.2. The van der Waals surface area contributed by atoms with E-state index in [0.29, 0.717) is 5.75 Å². The van der Waals surface area contributed by atoms with E-state index in [4.69, 9.17) is 0 Å². The monoisotopic (exact) mass is 329 g/mol. The smallest absolute Gasteiger partial charge is 0.148 e. The third-order valence-electron chi connectivity index (χ3n) is 3.25. The van der Waals surface area contributed by atoms with E-state index in [1.54, 1.807) is 11.8 Å². The quantitative estimate of drug-likeness (QED) is 0.670. The summed E-state index contributed by atoms with van der Waals surface area (Å²) in [4.78, 5) is 0. The summed E-state index contributed by atoms with van der Waals surface area (Å²) in [5.74, 6) is 1.82. The molecule has 0 aliphatic heterocycles. The second kappa shape index (κ2) is 9.49. The fourth-order valence-electron chi connectivity index (χ4n) is 2.14. The number of nitrogens with one attached hydrogen (secondary N) is 1. The lowest BCUT2D eigenvalue weighted by Gasteiger charge is -2.18. The van der Waals surface area contributed by atoms with Crippen molar-refractivity contribution in [2.75, 3.05) is 30.1 Å². The summed E-state index contributed by atoms with van der Waals surface area (Å²) < 4.78 is 22.3. The first-order valence-corrected chi connectivity index (χ1v) is 10.8. The summed E-state index contributed by atoms with van der Waals surface area (Å²) in [6, 6.07) is 9.06. The van der Waals surface area contributed by atoms with Gasteiger partial charge in [0, 0.05) is 23.8 Å². The third kappa shape index (κ3) is 7.88. The molecule has 0 spiro atoms. The van der Waals surface area contributed by atoms with Crippen molar-refractivity contribution < 1.29 is 8.42 Å². The van der Waals surface area contributed by atoms with Crippen LogP contribution in [0.3, 0.4) is 0 Å². The highest BCUT2D eigenvalue weighted by molar-refractivity contribution is 8.00. The predicted octanol–water partition coefficient (Wildman–Crippen LogP) is 3.07. The van der Waals surface area contributed by atoms with Gasteiger partial charge in [0.25, 0.3) is 0 Å². The number of rotatable bonds is 10. The molecule has 21 heavy (non-hydrogen) atoms. The van der Waals surface area contributed by atoms with Crippen LogP contribution in [-0.4, -0.2) is 38.5 Å². The van der Waals surface area contributed by atoms with Crippen molar-refractivity contribution in [3.05, 3.63) is 35.4 Å². The normalized spacial score (nSPS) is 13.3. The summed E-state index contributed by atoms with van der Waals surface area (Å²) in [5, 5.41) is 3.48. The van der Waals surface area contributed by atoms with Crippen LogP contribution in [-0.2, 0) is 16.3 Å². The van der Waals surface area contributed by atoms with Gasteiger partial charge < -0.3 is 5.32 Å². The van der Waals surface area contributed by atoms with Gasteiger partial charge in [-0.2, -0.15) is 11.8 Å². The molecule has 120 valence electrons. The number of hydrogen-bond donors (Lipinski definition) is 1. The average Bonchev–Trinajstić information content (AvgIpc) is 2.42. The van der Waals surface area contributed by atoms with Crippen molar-refractivity contribution >= 4 is 21.6 Å². The molecule has 5 heteroatoms. The first-order valence-electron chi connectivity index (χ1n) is 7.54. The molecule has 0 saturated carbocycles. The Bertz CT molecular complexity index is 498. The standard InChI is InChI=1S/C16H27NO2S2/c1-4-6-14-7-9-15(10-8-14)16(17-5-2)13-20-11-12-21(3,18)19/h7-10,16-17H,4-6,11-13H2,1-3H3. The molecule has 0 fully saturated rings. The molecule has 0 aromatic heterocycles. The van der Waals surface area contributed by atoms with Gasteiger partial charge in [0.1, 0.15) is 9.84 Å². The molecule has 1 atom stereocenters. The SMILES string of the molecule is CCCc1ccc(C(CSCCS(C)(=O)=O)NCC)cc1. The van der Waals surface area contributed by atoms with Gasteiger partial charge in [-0.25, -0.2) is 8.42 Å². The second-order valence-electron chi connectivity index (χ2n) is 5.31. The van der Waals surface area contributed by atoms with Crippen molar-refractivity contribution in [3.8, 4) is 0 Å². The maximum absolute atomic E-state index is 11.1. The Labute approximate surface area is 133 Å². The van der Waals surface area contributed by atoms with E-state index in [1.807, 2.05) is 0 Å². The third-order valence-corrected chi connectivity index (χ3v) is 5.52. The van der Waals surface area contributed by atoms with Crippen LogP contribution in [0.4, 0.5) is 0 Å². The van der Waals surface area contributed by atoms with Crippen LogP contribution in [0.2, 0.25) is 0 Å². The molecule has 0 heterocycles. The van der Waals surface area contributed by atoms with Crippen LogP contribution >= 0.6 is 11.8 Å². The van der Waals surface area contributed by atoms with Crippen LogP contribution in [0.5, 0.6) is 0 Å². The molecule has 1 unspecified atom stereocenters. The Balaban J connectivity index is 2.55. The molecule has 0 radical (unpaired) electrons. The van der Waals surface area contributed by atoms with Gasteiger partial charge in [-0.15, -0.1) is 0 Å². The van der Waals surface area contributed by atoms with Crippen LogP contribution in [0.25, 0.3) is 0 Å². The van der Waals surface area contributed by atoms with E-state index in [0.717, 1.165) is 25.1 Å². The van der Waals surface area contributed by atoms with E-state index >= 15 is 0 Å².